The Bertz CT molecular complexity index is 824. The summed E-state index contributed by atoms with van der Waals surface area (Å²) in [6.45, 7) is 9.35. The van der Waals surface area contributed by atoms with Crippen LogP contribution in [-0.4, -0.2) is 27.3 Å². The molecule has 0 heterocycles. The van der Waals surface area contributed by atoms with Crippen molar-refractivity contribution < 1.29 is 24.9 Å². The van der Waals surface area contributed by atoms with Crippen LogP contribution in [0.1, 0.15) is 93.6 Å². The summed E-state index contributed by atoms with van der Waals surface area (Å²) in [5.74, 6) is -2.03. The van der Waals surface area contributed by atoms with Gasteiger partial charge in [-0.05, 0) is 61.8 Å². The van der Waals surface area contributed by atoms with Crippen LogP contribution in [0.3, 0.4) is 0 Å². The Morgan fingerprint density at radius 2 is 1.10 bits per heavy atom. The Morgan fingerprint density at radius 1 is 0.733 bits per heavy atom. The van der Waals surface area contributed by atoms with Gasteiger partial charge in [0.15, 0.2) is 0 Å². The van der Waals surface area contributed by atoms with E-state index in [0.29, 0.717) is 5.92 Å². The van der Waals surface area contributed by atoms with Crippen molar-refractivity contribution in [2.24, 2.45) is 0 Å². The Balaban J connectivity index is 0.000000303. The lowest BCUT2D eigenvalue weighted by molar-refractivity contribution is -0.139. The number of aliphatic hydroxyl groups excluding tert-OH is 1. The van der Waals surface area contributed by atoms with Gasteiger partial charge in [-0.25, -0.2) is 0 Å². The molecule has 0 aliphatic carbocycles. The number of carboxylic acid groups (broad SMARTS) is 2. The molecule has 0 amide bonds. The molecule has 164 valence electrons. The predicted octanol–water partition coefficient (Wildman–Crippen LogP) is 5.71. The zero-order chi connectivity index (χ0) is 22.8. The van der Waals surface area contributed by atoms with Crippen molar-refractivity contribution in [3.63, 3.8) is 0 Å². The molecule has 3 N–H and O–H groups in total. The maximum atomic E-state index is 10.9. The van der Waals surface area contributed by atoms with Crippen LogP contribution in [0.2, 0.25) is 0 Å². The van der Waals surface area contributed by atoms with Gasteiger partial charge in [0, 0.05) is 0 Å². The van der Waals surface area contributed by atoms with E-state index in [1.54, 1.807) is 45.0 Å². The van der Waals surface area contributed by atoms with E-state index in [1.807, 2.05) is 18.2 Å². The highest BCUT2D eigenvalue weighted by Crippen LogP contribution is 2.26. The minimum atomic E-state index is -0.854. The van der Waals surface area contributed by atoms with Crippen molar-refractivity contribution in [1.82, 2.24) is 0 Å². The number of rotatable bonds is 8. The molecule has 5 heteroatoms. The molecule has 0 saturated heterocycles. The number of carboxylic acids is 2. The Hall–Kier alpha value is -2.66. The lowest BCUT2D eigenvalue weighted by Gasteiger charge is -2.15. The molecule has 0 bridgehead atoms. The highest BCUT2D eigenvalue weighted by atomic mass is 16.4. The number of aliphatic carboxylic acids is 2. The number of aliphatic hydroxyl groups is 1. The van der Waals surface area contributed by atoms with Crippen molar-refractivity contribution in [3.8, 4) is 0 Å². The number of hydrogen-bond donors (Lipinski definition) is 3. The number of hydrogen-bond acceptors (Lipinski definition) is 3. The summed E-state index contributed by atoms with van der Waals surface area (Å²) in [6, 6.07) is 15.0. The minimum Gasteiger partial charge on any atom is -0.481 e. The molecule has 0 spiro atoms. The topological polar surface area (TPSA) is 94.8 Å². The summed E-state index contributed by atoms with van der Waals surface area (Å²) in [5, 5.41) is 27.1. The van der Waals surface area contributed by atoms with Crippen molar-refractivity contribution >= 4 is 11.9 Å². The van der Waals surface area contributed by atoms with Gasteiger partial charge in [0.2, 0.25) is 0 Å². The second-order valence-electron chi connectivity index (χ2n) is 7.65. The molecule has 0 aliphatic heterocycles. The molecule has 0 aliphatic rings. The van der Waals surface area contributed by atoms with Gasteiger partial charge in [0.05, 0.1) is 17.9 Å². The predicted molar refractivity (Wildman–Crippen MR) is 119 cm³/mol. The van der Waals surface area contributed by atoms with E-state index in [4.69, 9.17) is 10.2 Å². The van der Waals surface area contributed by atoms with Gasteiger partial charge in [0.25, 0.3) is 0 Å². The molecule has 5 nitrogen and oxygen atoms in total. The van der Waals surface area contributed by atoms with Gasteiger partial charge >= 0.3 is 11.9 Å². The first-order chi connectivity index (χ1) is 14.1. The highest BCUT2D eigenvalue weighted by molar-refractivity contribution is 5.76. The van der Waals surface area contributed by atoms with Gasteiger partial charge in [-0.15, -0.1) is 0 Å². The van der Waals surface area contributed by atoms with Crippen LogP contribution < -0.4 is 0 Å². The monoisotopic (exact) mass is 414 g/mol. The van der Waals surface area contributed by atoms with E-state index in [1.165, 1.54) is 5.56 Å². The third-order valence-electron chi connectivity index (χ3n) is 5.50. The molecular weight excluding hydrogens is 380 g/mol. The van der Waals surface area contributed by atoms with Gasteiger partial charge in [-0.3, -0.25) is 9.59 Å². The van der Waals surface area contributed by atoms with Gasteiger partial charge < -0.3 is 15.3 Å². The molecular formula is C25H34O5. The summed E-state index contributed by atoms with van der Waals surface area (Å²) >= 11 is 0. The zero-order valence-electron chi connectivity index (χ0n) is 18.5. The third-order valence-corrected chi connectivity index (χ3v) is 5.50. The fourth-order valence-electron chi connectivity index (χ4n) is 3.22. The van der Waals surface area contributed by atoms with E-state index in [9.17, 15) is 14.7 Å². The molecule has 0 radical (unpaired) electrons. The van der Waals surface area contributed by atoms with Gasteiger partial charge in [-0.2, -0.15) is 0 Å². The molecule has 2 unspecified atom stereocenters. The highest BCUT2D eigenvalue weighted by Gasteiger charge is 2.16. The largest absolute Gasteiger partial charge is 0.481 e. The lowest BCUT2D eigenvalue weighted by atomic mass is 9.90. The van der Waals surface area contributed by atoms with Crippen LogP contribution in [0.5, 0.6) is 0 Å². The van der Waals surface area contributed by atoms with E-state index in [-0.39, 0.29) is 0 Å². The number of carbonyl (C=O) groups is 2. The average Bonchev–Trinajstić information content (AvgIpc) is 2.74. The summed E-state index contributed by atoms with van der Waals surface area (Å²) in [7, 11) is 0. The van der Waals surface area contributed by atoms with Crippen molar-refractivity contribution in [2.75, 3.05) is 0 Å². The molecule has 0 aromatic heterocycles. The quantitative estimate of drug-likeness (QED) is 0.514. The van der Waals surface area contributed by atoms with Crippen molar-refractivity contribution in [2.45, 2.75) is 71.3 Å². The third kappa shape index (κ3) is 7.30. The summed E-state index contributed by atoms with van der Waals surface area (Å²) in [4.78, 5) is 21.6. The van der Waals surface area contributed by atoms with Gasteiger partial charge in [0.1, 0.15) is 0 Å². The fourth-order valence-corrected chi connectivity index (χ4v) is 3.22. The first-order valence-corrected chi connectivity index (χ1v) is 10.5. The Labute approximate surface area is 179 Å². The molecule has 2 aromatic carbocycles. The summed E-state index contributed by atoms with van der Waals surface area (Å²) < 4.78 is 0. The fraction of sp³-hybridized carbons (Fsp3) is 0.440. The molecule has 0 fully saturated rings. The zero-order valence-corrected chi connectivity index (χ0v) is 18.5. The Morgan fingerprint density at radius 3 is 1.47 bits per heavy atom. The second-order valence-corrected chi connectivity index (χ2v) is 7.65. The second kappa shape index (κ2) is 12.1. The minimum absolute atomic E-state index is 0.422. The average molecular weight is 415 g/mol. The Kier molecular flexibility index (Phi) is 10.3. The summed E-state index contributed by atoms with van der Waals surface area (Å²) in [5.41, 5.74) is 3.62. The van der Waals surface area contributed by atoms with E-state index in [0.717, 1.165) is 29.5 Å². The summed E-state index contributed by atoms with van der Waals surface area (Å²) in [6.07, 6.45) is 1.64. The van der Waals surface area contributed by atoms with E-state index >= 15 is 0 Å². The van der Waals surface area contributed by atoms with Crippen LogP contribution >= 0.6 is 0 Å². The van der Waals surface area contributed by atoms with E-state index in [2.05, 4.69) is 19.9 Å². The maximum Gasteiger partial charge on any atom is 0.310 e. The van der Waals surface area contributed by atoms with Crippen molar-refractivity contribution in [1.29, 1.82) is 0 Å². The first kappa shape index (κ1) is 25.4. The smallest absolute Gasteiger partial charge is 0.310 e. The molecule has 2 aromatic rings. The first-order valence-electron chi connectivity index (χ1n) is 10.5. The number of benzene rings is 2. The SMILES string of the molecule is CC(O)c1cccc(C(C)C(=O)O)c1.CCC(CC)c1cccc([C@H](C)C(=O)O)c1. The van der Waals surface area contributed by atoms with Crippen LogP contribution in [-0.2, 0) is 9.59 Å². The standard InChI is InChI=1S/C14H20O2.C11H14O3/c1-4-11(5-2)13-8-6-7-12(9-13)10(3)14(15)16;1-7(11(13)14)9-4-3-5-10(6-9)8(2)12/h6-11H,4-5H2,1-3H3,(H,15,16);3-8,12H,1-2H3,(H,13,14)/t10-;/m0./s1. The van der Waals surface area contributed by atoms with Crippen LogP contribution in [0.15, 0.2) is 48.5 Å². The molecule has 30 heavy (non-hydrogen) atoms. The van der Waals surface area contributed by atoms with Crippen LogP contribution in [0.4, 0.5) is 0 Å². The van der Waals surface area contributed by atoms with Crippen LogP contribution in [0.25, 0.3) is 0 Å². The van der Waals surface area contributed by atoms with Crippen LogP contribution in [0, 0.1) is 0 Å². The molecule has 2 rings (SSSR count). The molecule has 0 saturated carbocycles. The molecule has 3 atom stereocenters. The van der Waals surface area contributed by atoms with Crippen molar-refractivity contribution in [3.05, 3.63) is 70.8 Å². The lowest BCUT2D eigenvalue weighted by Crippen LogP contribution is -2.08. The van der Waals surface area contributed by atoms with E-state index < -0.39 is 29.9 Å². The van der Waals surface area contributed by atoms with Gasteiger partial charge in [-0.1, -0.05) is 62.4 Å². The normalized spacial score (nSPS) is 13.7. The maximum absolute atomic E-state index is 10.9.